The van der Waals surface area contributed by atoms with Crippen molar-refractivity contribution in [3.05, 3.63) is 92.2 Å². The number of para-hydroxylation sites is 1. The number of hydrazone groups is 1. The molecule has 1 heterocycles. The maximum atomic E-state index is 12.3. The zero-order valence-electron chi connectivity index (χ0n) is 17.7. The van der Waals surface area contributed by atoms with Crippen LogP contribution in [0.5, 0.6) is 11.5 Å². The van der Waals surface area contributed by atoms with Crippen molar-refractivity contribution < 1.29 is 18.7 Å². The summed E-state index contributed by atoms with van der Waals surface area (Å²) < 4.78 is 18.4. The lowest BCUT2D eigenvalue weighted by Crippen LogP contribution is -2.16. The van der Waals surface area contributed by atoms with Gasteiger partial charge >= 0.3 is 5.91 Å². The summed E-state index contributed by atoms with van der Waals surface area (Å²) in [5.74, 6) is 0.692. The van der Waals surface area contributed by atoms with E-state index in [0.717, 1.165) is 14.5 Å². The van der Waals surface area contributed by atoms with Crippen LogP contribution in [0.2, 0.25) is 5.02 Å². The van der Waals surface area contributed by atoms with Gasteiger partial charge < -0.3 is 13.9 Å². The Morgan fingerprint density at radius 3 is 2.67 bits per heavy atom. The standard InChI is InChI=1S/C25H20ClIN2O4/c1-2-31-22-12-17(11-20(26)24(22)32-15-16-7-9-19(27)10-8-16)14-28-29-25(30)23-13-18-5-3-4-6-21(18)33-23/h3-14H,2,15H2,1H3,(H,29,30)/b28-14+. The summed E-state index contributed by atoms with van der Waals surface area (Å²) in [5.41, 5.74) is 4.77. The highest BCUT2D eigenvalue weighted by molar-refractivity contribution is 14.1. The van der Waals surface area contributed by atoms with Crippen LogP contribution in [-0.4, -0.2) is 18.7 Å². The highest BCUT2D eigenvalue weighted by Gasteiger charge is 2.14. The van der Waals surface area contributed by atoms with Crippen LogP contribution in [-0.2, 0) is 6.61 Å². The van der Waals surface area contributed by atoms with Crippen molar-refractivity contribution in [1.82, 2.24) is 5.43 Å². The molecular formula is C25H20ClIN2O4. The number of rotatable bonds is 8. The van der Waals surface area contributed by atoms with Crippen molar-refractivity contribution in [3.8, 4) is 11.5 Å². The third-order valence-corrected chi connectivity index (χ3v) is 5.66. The summed E-state index contributed by atoms with van der Waals surface area (Å²) in [7, 11) is 0. The van der Waals surface area contributed by atoms with E-state index in [0.29, 0.717) is 40.9 Å². The second-order valence-electron chi connectivity index (χ2n) is 7.03. The molecular weight excluding hydrogens is 555 g/mol. The van der Waals surface area contributed by atoms with E-state index in [4.69, 9.17) is 25.5 Å². The lowest BCUT2D eigenvalue weighted by atomic mass is 10.2. The minimum Gasteiger partial charge on any atom is -0.490 e. The molecule has 1 N–H and O–H groups in total. The number of halogens is 2. The molecule has 1 aromatic heterocycles. The number of amides is 1. The molecule has 4 rings (SSSR count). The summed E-state index contributed by atoms with van der Waals surface area (Å²) in [6, 6.07) is 20.6. The molecule has 8 heteroatoms. The summed E-state index contributed by atoms with van der Waals surface area (Å²) >= 11 is 8.73. The molecule has 0 bridgehead atoms. The smallest absolute Gasteiger partial charge is 0.307 e. The van der Waals surface area contributed by atoms with E-state index in [9.17, 15) is 4.79 Å². The lowest BCUT2D eigenvalue weighted by molar-refractivity contribution is 0.0929. The Kier molecular flexibility index (Phi) is 7.51. The molecule has 4 aromatic rings. The average molecular weight is 575 g/mol. The SMILES string of the molecule is CCOc1cc(/C=N/NC(=O)c2cc3ccccc3o2)cc(Cl)c1OCc1ccc(I)cc1. The van der Waals surface area contributed by atoms with Gasteiger partial charge in [0.15, 0.2) is 17.3 Å². The van der Waals surface area contributed by atoms with Crippen molar-refractivity contribution in [3.63, 3.8) is 0 Å². The number of fused-ring (bicyclic) bond motifs is 1. The average Bonchev–Trinajstić information content (AvgIpc) is 3.24. The van der Waals surface area contributed by atoms with Gasteiger partial charge in [0, 0.05) is 8.96 Å². The maximum absolute atomic E-state index is 12.3. The Labute approximate surface area is 209 Å². The molecule has 0 aliphatic carbocycles. The van der Waals surface area contributed by atoms with Gasteiger partial charge in [-0.15, -0.1) is 0 Å². The molecule has 1 amide bonds. The van der Waals surface area contributed by atoms with Crippen LogP contribution in [0, 0.1) is 3.57 Å². The van der Waals surface area contributed by atoms with E-state index in [1.54, 1.807) is 24.3 Å². The monoisotopic (exact) mass is 574 g/mol. The molecule has 168 valence electrons. The topological polar surface area (TPSA) is 73.1 Å². The van der Waals surface area contributed by atoms with Crippen molar-refractivity contribution in [1.29, 1.82) is 0 Å². The first-order valence-corrected chi connectivity index (χ1v) is 11.6. The number of carbonyl (C=O) groups is 1. The van der Waals surface area contributed by atoms with Crippen molar-refractivity contribution in [2.45, 2.75) is 13.5 Å². The largest absolute Gasteiger partial charge is 0.490 e. The summed E-state index contributed by atoms with van der Waals surface area (Å²) in [4.78, 5) is 12.3. The van der Waals surface area contributed by atoms with Gasteiger partial charge in [-0.05, 0) is 77.0 Å². The molecule has 33 heavy (non-hydrogen) atoms. The minimum absolute atomic E-state index is 0.181. The molecule has 0 atom stereocenters. The summed E-state index contributed by atoms with van der Waals surface area (Å²) in [6.07, 6.45) is 1.48. The van der Waals surface area contributed by atoms with E-state index in [1.165, 1.54) is 6.21 Å². The summed E-state index contributed by atoms with van der Waals surface area (Å²) in [6.45, 7) is 2.68. The molecule has 0 unspecified atom stereocenters. The summed E-state index contributed by atoms with van der Waals surface area (Å²) in [5, 5.41) is 5.26. The third kappa shape index (κ3) is 5.85. The number of ether oxygens (including phenoxy) is 2. The van der Waals surface area contributed by atoms with Gasteiger partial charge in [0.1, 0.15) is 12.2 Å². The first kappa shape index (κ1) is 23.1. The molecule has 0 saturated heterocycles. The number of furan rings is 1. The number of nitrogens with one attached hydrogen (secondary N) is 1. The van der Waals surface area contributed by atoms with Crippen molar-refractivity contribution >= 4 is 57.3 Å². The first-order chi connectivity index (χ1) is 16.0. The molecule has 0 radical (unpaired) electrons. The fraction of sp³-hybridized carbons (Fsp3) is 0.120. The van der Waals surface area contributed by atoms with Gasteiger partial charge in [0.2, 0.25) is 0 Å². The van der Waals surface area contributed by atoms with Gasteiger partial charge in [-0.25, -0.2) is 5.43 Å². The van der Waals surface area contributed by atoms with Crippen LogP contribution in [0.4, 0.5) is 0 Å². The molecule has 0 saturated carbocycles. The maximum Gasteiger partial charge on any atom is 0.307 e. The minimum atomic E-state index is -0.448. The molecule has 6 nitrogen and oxygen atoms in total. The van der Waals surface area contributed by atoms with E-state index >= 15 is 0 Å². The zero-order valence-corrected chi connectivity index (χ0v) is 20.6. The second-order valence-corrected chi connectivity index (χ2v) is 8.68. The first-order valence-electron chi connectivity index (χ1n) is 10.2. The predicted octanol–water partition coefficient (Wildman–Crippen LogP) is 6.43. The Balaban J connectivity index is 1.46. The highest BCUT2D eigenvalue weighted by Crippen LogP contribution is 2.37. The number of hydrogen-bond donors (Lipinski definition) is 1. The van der Waals surface area contributed by atoms with Gasteiger partial charge in [-0.2, -0.15) is 5.10 Å². The predicted molar refractivity (Wildman–Crippen MR) is 137 cm³/mol. The molecule has 0 aliphatic rings. The second kappa shape index (κ2) is 10.7. The van der Waals surface area contributed by atoms with Crippen molar-refractivity contribution in [2.75, 3.05) is 6.61 Å². The number of carbonyl (C=O) groups excluding carboxylic acids is 1. The number of nitrogens with zero attached hydrogens (tertiary/aromatic N) is 1. The lowest BCUT2D eigenvalue weighted by Gasteiger charge is -2.14. The van der Waals surface area contributed by atoms with Gasteiger partial charge in [-0.3, -0.25) is 4.79 Å². The van der Waals surface area contributed by atoms with E-state index < -0.39 is 5.91 Å². The highest BCUT2D eigenvalue weighted by atomic mass is 127. The normalized spacial score (nSPS) is 11.1. The Morgan fingerprint density at radius 2 is 1.91 bits per heavy atom. The Hall–Kier alpha value is -3.04. The van der Waals surface area contributed by atoms with Crippen LogP contribution in [0.15, 0.2) is 76.2 Å². The fourth-order valence-corrected chi connectivity index (χ4v) is 3.75. The van der Waals surface area contributed by atoms with E-state index in [1.807, 2.05) is 49.4 Å². The van der Waals surface area contributed by atoms with Gasteiger partial charge in [0.25, 0.3) is 0 Å². The fourth-order valence-electron chi connectivity index (χ4n) is 3.12. The van der Waals surface area contributed by atoms with Crippen molar-refractivity contribution in [2.24, 2.45) is 5.10 Å². The third-order valence-electron chi connectivity index (χ3n) is 4.66. The zero-order chi connectivity index (χ0) is 23.2. The molecule has 0 fully saturated rings. The molecule has 3 aromatic carbocycles. The van der Waals surface area contributed by atoms with Crippen LogP contribution in [0.3, 0.4) is 0 Å². The quantitative estimate of drug-likeness (QED) is 0.150. The van der Waals surface area contributed by atoms with Gasteiger partial charge in [0.05, 0.1) is 17.8 Å². The molecule has 0 spiro atoms. The van der Waals surface area contributed by atoms with Gasteiger partial charge in [-0.1, -0.05) is 41.9 Å². The number of benzene rings is 3. The van der Waals surface area contributed by atoms with E-state index in [-0.39, 0.29) is 5.76 Å². The van der Waals surface area contributed by atoms with Crippen LogP contribution in [0.25, 0.3) is 11.0 Å². The van der Waals surface area contributed by atoms with E-state index in [2.05, 4.69) is 33.1 Å². The number of hydrogen-bond acceptors (Lipinski definition) is 5. The Morgan fingerprint density at radius 1 is 1.12 bits per heavy atom. The van der Waals surface area contributed by atoms with Crippen LogP contribution >= 0.6 is 34.2 Å². The van der Waals surface area contributed by atoms with Crippen LogP contribution in [0.1, 0.15) is 28.6 Å². The van der Waals surface area contributed by atoms with Crippen LogP contribution < -0.4 is 14.9 Å². The Bertz CT molecular complexity index is 1270. The molecule has 0 aliphatic heterocycles.